The summed E-state index contributed by atoms with van der Waals surface area (Å²) in [6.45, 7) is 0. The van der Waals surface area contributed by atoms with Gasteiger partial charge in [-0.05, 0) is 72.3 Å². The summed E-state index contributed by atoms with van der Waals surface area (Å²) in [6, 6.07) is 51.1. The van der Waals surface area contributed by atoms with E-state index in [1.54, 1.807) is 0 Å². The number of hydrogen-bond acceptors (Lipinski definition) is 1. The van der Waals surface area contributed by atoms with Crippen LogP contribution in [0.15, 0.2) is 152 Å². The summed E-state index contributed by atoms with van der Waals surface area (Å²) >= 11 is 0. The largest absolute Gasteiger partial charge is 1.00 e. The van der Waals surface area contributed by atoms with Gasteiger partial charge in [-0.25, -0.2) is 0 Å². The molecule has 0 fully saturated rings. The Labute approximate surface area is 220 Å². The third kappa shape index (κ3) is 5.77. The highest BCUT2D eigenvalue weighted by Crippen LogP contribution is 2.55. The summed E-state index contributed by atoms with van der Waals surface area (Å²) in [7, 11) is -1.87. The molecule has 0 amide bonds. The Morgan fingerprint density at radius 2 is 0.944 bits per heavy atom. The molecule has 0 aliphatic carbocycles. The Balaban J connectivity index is 0.00000304. The van der Waals surface area contributed by atoms with Crippen molar-refractivity contribution in [1.82, 2.24) is 0 Å². The van der Waals surface area contributed by atoms with E-state index in [2.05, 4.69) is 115 Å². The van der Waals surface area contributed by atoms with E-state index in [0.717, 1.165) is 23.2 Å². The van der Waals surface area contributed by atoms with Crippen LogP contribution in [0, 0.1) is 0 Å². The lowest BCUT2D eigenvalue weighted by Gasteiger charge is -2.26. The Hall–Kier alpha value is -3.64. The van der Waals surface area contributed by atoms with Gasteiger partial charge >= 0.3 is 0 Å². The molecular weight excluding hydrogens is 479 g/mol. The molecule has 0 saturated carbocycles. The molecular formula is C33H28ClOP. The predicted molar refractivity (Wildman–Crippen MR) is 152 cm³/mol. The number of halogens is 1. The van der Waals surface area contributed by atoms with Crippen molar-refractivity contribution in [3.05, 3.63) is 157 Å². The number of hydrogen-bond donors (Lipinski definition) is 0. The third-order valence-corrected chi connectivity index (χ3v) is 10.4. The highest BCUT2D eigenvalue weighted by atomic mass is 35.5. The zero-order chi connectivity index (χ0) is 23.8. The molecule has 0 aliphatic rings. The summed E-state index contributed by atoms with van der Waals surface area (Å²) in [5, 5.41) is 4.18. The maximum absolute atomic E-state index is 6.05. The monoisotopic (exact) mass is 506 g/mol. The van der Waals surface area contributed by atoms with Gasteiger partial charge in [0.2, 0.25) is 0 Å². The second-order valence-corrected chi connectivity index (χ2v) is 11.9. The summed E-state index contributed by atoms with van der Waals surface area (Å²) in [5.74, 6) is 1.68. The van der Waals surface area contributed by atoms with Crippen LogP contribution in [0.1, 0.15) is 5.56 Å². The Kier molecular flexibility index (Phi) is 8.74. The van der Waals surface area contributed by atoms with E-state index in [1.807, 2.05) is 42.5 Å². The zero-order valence-corrected chi connectivity index (χ0v) is 21.6. The van der Waals surface area contributed by atoms with Crippen LogP contribution in [-0.2, 0) is 0 Å². The lowest BCUT2D eigenvalue weighted by molar-refractivity contribution is -0.00000721. The standard InChI is InChI=1S/C33H28OP.ClH/c1-5-17-29(18-6-1)34-30-19-13-15-28(27-30)16-14-26-35(31-20-7-2-8-21-31,32-22-9-3-10-23-32)33-24-11-4-12-25-33;/h1-25,27H,26H2;1H/q+1;/p-1. The molecule has 0 aliphatic heterocycles. The van der Waals surface area contributed by atoms with Crippen LogP contribution in [0.5, 0.6) is 11.5 Å². The maximum Gasteiger partial charge on any atom is 0.128 e. The molecule has 3 heteroatoms. The average Bonchev–Trinajstić information content (AvgIpc) is 2.93. The molecule has 36 heavy (non-hydrogen) atoms. The highest BCUT2D eigenvalue weighted by Gasteiger charge is 2.44. The average molecular weight is 507 g/mol. The van der Waals surface area contributed by atoms with Gasteiger partial charge in [-0.15, -0.1) is 0 Å². The van der Waals surface area contributed by atoms with Crippen LogP contribution in [0.25, 0.3) is 6.08 Å². The minimum Gasteiger partial charge on any atom is -1.00 e. The van der Waals surface area contributed by atoms with E-state index < -0.39 is 7.26 Å². The molecule has 0 aromatic heterocycles. The quantitative estimate of drug-likeness (QED) is 0.282. The summed E-state index contributed by atoms with van der Waals surface area (Å²) < 4.78 is 6.05. The number of rotatable bonds is 8. The highest BCUT2D eigenvalue weighted by molar-refractivity contribution is 7.95. The van der Waals surface area contributed by atoms with Gasteiger partial charge in [-0.2, -0.15) is 0 Å². The first-order chi connectivity index (χ1) is 17.3. The fourth-order valence-corrected chi connectivity index (χ4v) is 8.46. The normalized spacial score (nSPS) is 11.1. The third-order valence-electron chi connectivity index (χ3n) is 6.12. The lowest BCUT2D eigenvalue weighted by atomic mass is 10.2. The van der Waals surface area contributed by atoms with Crippen LogP contribution >= 0.6 is 7.26 Å². The Bertz CT molecular complexity index is 1270. The van der Waals surface area contributed by atoms with Crippen molar-refractivity contribution >= 4 is 29.3 Å². The molecule has 1 nitrogen and oxygen atoms in total. The fraction of sp³-hybridized carbons (Fsp3) is 0.0303. The second kappa shape index (κ2) is 12.4. The first-order valence-electron chi connectivity index (χ1n) is 11.9. The minimum absolute atomic E-state index is 0. The number of benzene rings is 5. The number of para-hydroxylation sites is 1. The van der Waals surface area contributed by atoms with Crippen LogP contribution in [0.4, 0.5) is 0 Å². The summed E-state index contributed by atoms with van der Waals surface area (Å²) in [5.41, 5.74) is 1.13. The van der Waals surface area contributed by atoms with E-state index in [9.17, 15) is 0 Å². The van der Waals surface area contributed by atoms with Gasteiger partial charge in [0, 0.05) is 0 Å². The van der Waals surface area contributed by atoms with Crippen molar-refractivity contribution in [3.63, 3.8) is 0 Å². The van der Waals surface area contributed by atoms with Crippen molar-refractivity contribution in [2.45, 2.75) is 0 Å². The van der Waals surface area contributed by atoms with Crippen molar-refractivity contribution < 1.29 is 17.1 Å². The van der Waals surface area contributed by atoms with E-state index in [4.69, 9.17) is 4.74 Å². The van der Waals surface area contributed by atoms with Crippen LogP contribution in [0.2, 0.25) is 0 Å². The van der Waals surface area contributed by atoms with E-state index in [0.29, 0.717) is 0 Å². The first kappa shape index (κ1) is 25.5. The number of ether oxygens (including phenoxy) is 1. The van der Waals surface area contributed by atoms with Gasteiger partial charge in [-0.3, -0.25) is 0 Å². The Morgan fingerprint density at radius 3 is 1.44 bits per heavy atom. The van der Waals surface area contributed by atoms with Crippen LogP contribution < -0.4 is 33.1 Å². The molecule has 0 spiro atoms. The maximum atomic E-state index is 6.05. The van der Waals surface area contributed by atoms with Crippen molar-refractivity contribution in [2.24, 2.45) is 0 Å². The molecule has 0 radical (unpaired) electrons. The lowest BCUT2D eigenvalue weighted by Crippen LogP contribution is -3.00. The van der Waals surface area contributed by atoms with Crippen LogP contribution in [-0.4, -0.2) is 6.16 Å². The molecule has 0 N–H and O–H groups in total. The molecule has 5 rings (SSSR count). The van der Waals surface area contributed by atoms with Gasteiger partial charge in [0.05, 0.1) is 6.16 Å². The van der Waals surface area contributed by atoms with E-state index in [-0.39, 0.29) is 12.4 Å². The Morgan fingerprint density at radius 1 is 0.500 bits per heavy atom. The van der Waals surface area contributed by atoms with Crippen LogP contribution in [0.3, 0.4) is 0 Å². The zero-order valence-electron chi connectivity index (χ0n) is 20.0. The SMILES string of the molecule is C(=Cc1cccc(Oc2ccccc2)c1)C[P+](c1ccccc1)(c1ccccc1)c1ccccc1.[Cl-]. The van der Waals surface area contributed by atoms with E-state index >= 15 is 0 Å². The molecule has 5 aromatic carbocycles. The molecule has 5 aromatic rings. The predicted octanol–water partition coefficient (Wildman–Crippen LogP) is 4.49. The van der Waals surface area contributed by atoms with Crippen molar-refractivity contribution in [1.29, 1.82) is 0 Å². The molecule has 178 valence electrons. The van der Waals surface area contributed by atoms with Gasteiger partial charge in [0.15, 0.2) is 0 Å². The van der Waals surface area contributed by atoms with Gasteiger partial charge in [0.1, 0.15) is 34.7 Å². The van der Waals surface area contributed by atoms with Crippen molar-refractivity contribution in [2.75, 3.05) is 6.16 Å². The van der Waals surface area contributed by atoms with E-state index in [1.165, 1.54) is 15.9 Å². The second-order valence-electron chi connectivity index (χ2n) is 8.39. The van der Waals surface area contributed by atoms with Gasteiger partial charge in [-0.1, -0.05) is 91.0 Å². The smallest absolute Gasteiger partial charge is 0.128 e. The fourth-order valence-electron chi connectivity index (χ4n) is 4.46. The first-order valence-corrected chi connectivity index (χ1v) is 13.9. The molecule has 0 saturated heterocycles. The number of allylic oxidation sites excluding steroid dienone is 1. The van der Waals surface area contributed by atoms with Crippen molar-refractivity contribution in [3.8, 4) is 11.5 Å². The summed E-state index contributed by atoms with van der Waals surface area (Å²) in [4.78, 5) is 0. The molecule has 0 bridgehead atoms. The molecule has 0 heterocycles. The van der Waals surface area contributed by atoms with Gasteiger partial charge in [0.25, 0.3) is 0 Å². The minimum atomic E-state index is -1.87. The summed E-state index contributed by atoms with van der Waals surface area (Å²) in [6.07, 6.45) is 5.50. The van der Waals surface area contributed by atoms with Gasteiger partial charge < -0.3 is 17.1 Å². The molecule has 0 unspecified atom stereocenters. The topological polar surface area (TPSA) is 9.23 Å². The molecule has 0 atom stereocenters.